The van der Waals surface area contributed by atoms with E-state index in [1.165, 1.54) is 0 Å². The lowest BCUT2D eigenvalue weighted by atomic mass is 10.1. The molecule has 0 fully saturated rings. The molecule has 1 amide bonds. The molecular formula is C21H20ClN3O2. The van der Waals surface area contributed by atoms with Crippen LogP contribution < -0.4 is 11.1 Å². The Bertz CT molecular complexity index is 1020. The molecule has 0 saturated heterocycles. The number of carbonyl (C=O) groups is 1. The highest BCUT2D eigenvalue weighted by Gasteiger charge is 2.14. The molecule has 4 rings (SSSR count). The highest BCUT2D eigenvalue weighted by Crippen LogP contribution is 2.29. The van der Waals surface area contributed by atoms with Crippen LogP contribution >= 0.6 is 12.4 Å². The number of fused-ring (bicyclic) bond motifs is 3. The summed E-state index contributed by atoms with van der Waals surface area (Å²) >= 11 is 0. The van der Waals surface area contributed by atoms with Crippen molar-refractivity contribution in [2.45, 2.75) is 13.0 Å². The number of hydrogen-bond donors (Lipinski definition) is 3. The van der Waals surface area contributed by atoms with Gasteiger partial charge in [0, 0.05) is 16.8 Å². The Morgan fingerprint density at radius 3 is 2.78 bits per heavy atom. The van der Waals surface area contributed by atoms with Crippen LogP contribution in [0.25, 0.3) is 17.0 Å². The van der Waals surface area contributed by atoms with Crippen LogP contribution in [0.5, 0.6) is 0 Å². The molecule has 1 aromatic heterocycles. The minimum Gasteiger partial charge on any atom is -0.444 e. The zero-order valence-corrected chi connectivity index (χ0v) is 15.4. The summed E-state index contributed by atoms with van der Waals surface area (Å²) < 4.78 is 5.28. The van der Waals surface area contributed by atoms with Crippen LogP contribution in [0.2, 0.25) is 0 Å². The third kappa shape index (κ3) is 3.99. The maximum absolute atomic E-state index is 12.1. The zero-order chi connectivity index (χ0) is 17.9. The third-order valence-electron chi connectivity index (χ3n) is 4.38. The van der Waals surface area contributed by atoms with Crippen molar-refractivity contribution in [2.24, 2.45) is 0 Å². The van der Waals surface area contributed by atoms with Crippen molar-refractivity contribution < 1.29 is 9.53 Å². The summed E-state index contributed by atoms with van der Waals surface area (Å²) in [5.41, 5.74) is 11.4. The lowest BCUT2D eigenvalue weighted by Crippen LogP contribution is -2.22. The quantitative estimate of drug-likeness (QED) is 0.582. The molecule has 0 unspecified atom stereocenters. The summed E-state index contributed by atoms with van der Waals surface area (Å²) in [6.07, 6.45) is 6.09. The van der Waals surface area contributed by atoms with E-state index in [1.807, 2.05) is 60.7 Å². The number of hydrogen-bond acceptors (Lipinski definition) is 3. The van der Waals surface area contributed by atoms with Crippen LogP contribution in [0, 0.1) is 0 Å². The van der Waals surface area contributed by atoms with Crippen molar-refractivity contribution in [2.75, 3.05) is 5.73 Å². The number of halogens is 1. The molecule has 0 bridgehead atoms. The number of nitrogen functional groups attached to an aromatic ring is 1. The summed E-state index contributed by atoms with van der Waals surface area (Å²) in [6.45, 7) is 0.234. The van der Waals surface area contributed by atoms with Crippen molar-refractivity contribution in [1.82, 2.24) is 10.3 Å². The monoisotopic (exact) mass is 381 g/mol. The Hall–Kier alpha value is -3.18. The molecule has 1 aliphatic rings. The van der Waals surface area contributed by atoms with E-state index in [9.17, 15) is 4.79 Å². The zero-order valence-electron chi connectivity index (χ0n) is 14.6. The maximum atomic E-state index is 12.1. The predicted octanol–water partition coefficient (Wildman–Crippen LogP) is 4.55. The van der Waals surface area contributed by atoms with E-state index in [0.717, 1.165) is 34.1 Å². The predicted molar refractivity (Wildman–Crippen MR) is 111 cm³/mol. The Kier molecular flexibility index (Phi) is 5.52. The summed E-state index contributed by atoms with van der Waals surface area (Å²) in [6, 6.07) is 15.5. The maximum Gasteiger partial charge on any atom is 0.411 e. The average molecular weight is 382 g/mol. The number of benzene rings is 2. The van der Waals surface area contributed by atoms with Crippen LogP contribution in [-0.2, 0) is 17.8 Å². The summed E-state index contributed by atoms with van der Waals surface area (Å²) in [4.78, 5) is 15.4. The van der Waals surface area contributed by atoms with E-state index < -0.39 is 6.09 Å². The molecule has 0 aliphatic heterocycles. The van der Waals surface area contributed by atoms with Gasteiger partial charge >= 0.3 is 6.09 Å². The minimum atomic E-state index is -0.483. The molecule has 0 spiro atoms. The molecule has 27 heavy (non-hydrogen) atoms. The Morgan fingerprint density at radius 2 is 1.96 bits per heavy atom. The molecule has 0 atom stereocenters. The van der Waals surface area contributed by atoms with Crippen molar-refractivity contribution in [3.05, 3.63) is 83.2 Å². The van der Waals surface area contributed by atoms with Crippen LogP contribution in [-0.4, -0.2) is 11.1 Å². The van der Waals surface area contributed by atoms with Crippen molar-refractivity contribution >= 4 is 41.2 Å². The number of H-pyrrole nitrogens is 1. The fourth-order valence-corrected chi connectivity index (χ4v) is 3.12. The first kappa shape index (κ1) is 18.6. The first-order valence-corrected chi connectivity index (χ1v) is 8.46. The summed E-state index contributed by atoms with van der Waals surface area (Å²) in [5, 5.41) is 3.90. The van der Waals surface area contributed by atoms with E-state index in [-0.39, 0.29) is 19.0 Å². The number of anilines is 1. The van der Waals surface area contributed by atoms with Crippen LogP contribution in [0.15, 0.2) is 66.4 Å². The van der Waals surface area contributed by atoms with E-state index in [4.69, 9.17) is 10.5 Å². The van der Waals surface area contributed by atoms with Gasteiger partial charge in [0.15, 0.2) is 0 Å². The highest BCUT2D eigenvalue weighted by molar-refractivity contribution is 5.95. The minimum absolute atomic E-state index is 0. The average Bonchev–Trinajstić information content (AvgIpc) is 2.88. The second kappa shape index (κ2) is 8.01. The molecule has 6 heteroatoms. The molecule has 1 aliphatic carbocycles. The smallest absolute Gasteiger partial charge is 0.411 e. The number of amides is 1. The number of nitrogens with one attached hydrogen (secondary N) is 2. The molecule has 3 aromatic rings. The van der Waals surface area contributed by atoms with Crippen molar-refractivity contribution in [1.29, 1.82) is 0 Å². The number of para-hydroxylation sites is 1. The van der Waals surface area contributed by atoms with Crippen LogP contribution in [0.3, 0.4) is 0 Å². The van der Waals surface area contributed by atoms with Gasteiger partial charge in [0.25, 0.3) is 0 Å². The number of allylic oxidation sites excluding steroid dienone is 2. The Labute approximate surface area is 163 Å². The first-order valence-electron chi connectivity index (χ1n) is 8.46. The summed E-state index contributed by atoms with van der Waals surface area (Å²) in [7, 11) is 0. The number of ether oxygens (including phenoxy) is 1. The Balaban J connectivity index is 0.00000210. The second-order valence-electron chi connectivity index (χ2n) is 6.18. The third-order valence-corrected chi connectivity index (χ3v) is 4.38. The van der Waals surface area contributed by atoms with Gasteiger partial charge in [0.05, 0.1) is 11.2 Å². The molecule has 5 nitrogen and oxygen atoms in total. The number of alkyl carbamates (subject to hydrolysis) is 1. The molecule has 2 aromatic carbocycles. The van der Waals surface area contributed by atoms with Gasteiger partial charge in [-0.3, -0.25) is 5.32 Å². The lowest BCUT2D eigenvalue weighted by molar-refractivity contribution is 0.143. The largest absolute Gasteiger partial charge is 0.444 e. The highest BCUT2D eigenvalue weighted by atomic mass is 35.5. The van der Waals surface area contributed by atoms with E-state index in [0.29, 0.717) is 11.4 Å². The fraction of sp³-hybridized carbons (Fsp3) is 0.0952. The van der Waals surface area contributed by atoms with Gasteiger partial charge in [0.2, 0.25) is 0 Å². The number of aromatic nitrogens is 1. The van der Waals surface area contributed by atoms with Gasteiger partial charge in [0.1, 0.15) is 6.61 Å². The van der Waals surface area contributed by atoms with E-state index in [2.05, 4.69) is 16.4 Å². The van der Waals surface area contributed by atoms with Crippen LogP contribution in [0.4, 0.5) is 10.5 Å². The molecule has 0 saturated carbocycles. The fourth-order valence-electron chi connectivity index (χ4n) is 3.12. The summed E-state index contributed by atoms with van der Waals surface area (Å²) in [5.74, 6) is 0. The standard InChI is InChI=1S/C21H19N3O2.ClH/c22-18-11-5-10-17-16-9-4-8-15(12-19(16)24-20(17)18)23-21(25)26-13-14-6-2-1-3-7-14;/h1-8,10-12,24H,9,13,22H2,(H,23,25);1H. The number of carbonyl (C=O) groups excluding carboxylic acids is 1. The van der Waals surface area contributed by atoms with Crippen molar-refractivity contribution in [3.63, 3.8) is 0 Å². The molecule has 0 radical (unpaired) electrons. The van der Waals surface area contributed by atoms with Gasteiger partial charge in [-0.15, -0.1) is 12.4 Å². The van der Waals surface area contributed by atoms with E-state index >= 15 is 0 Å². The topological polar surface area (TPSA) is 80.1 Å². The van der Waals surface area contributed by atoms with Gasteiger partial charge < -0.3 is 15.5 Å². The van der Waals surface area contributed by atoms with Crippen LogP contribution in [0.1, 0.15) is 16.8 Å². The SMILES string of the molecule is Cl.Nc1cccc2c3c([nH]c12)C=C(NC(=O)OCc1ccccc1)C=CC3. The van der Waals surface area contributed by atoms with E-state index in [1.54, 1.807) is 0 Å². The lowest BCUT2D eigenvalue weighted by Gasteiger charge is -2.07. The van der Waals surface area contributed by atoms with Gasteiger partial charge in [-0.1, -0.05) is 48.5 Å². The second-order valence-corrected chi connectivity index (χ2v) is 6.18. The normalized spacial score (nSPS) is 12.5. The molecule has 138 valence electrons. The van der Waals surface area contributed by atoms with Crippen molar-refractivity contribution in [3.8, 4) is 0 Å². The number of aromatic amines is 1. The Morgan fingerprint density at radius 1 is 1.15 bits per heavy atom. The van der Waals surface area contributed by atoms with Gasteiger partial charge in [-0.2, -0.15) is 0 Å². The number of nitrogens with two attached hydrogens (primary N) is 1. The van der Waals surface area contributed by atoms with Gasteiger partial charge in [-0.25, -0.2) is 4.79 Å². The van der Waals surface area contributed by atoms with Gasteiger partial charge in [-0.05, 0) is 35.8 Å². The first-order chi connectivity index (χ1) is 12.7. The number of rotatable bonds is 3. The molecular weight excluding hydrogens is 362 g/mol. The molecule has 1 heterocycles. The molecule has 4 N–H and O–H groups in total.